The number of amides is 1. The van der Waals surface area contributed by atoms with E-state index in [0.717, 1.165) is 31.4 Å². The van der Waals surface area contributed by atoms with Gasteiger partial charge in [-0.05, 0) is 43.7 Å². The lowest BCUT2D eigenvalue weighted by Crippen LogP contribution is -2.63. The van der Waals surface area contributed by atoms with Crippen molar-refractivity contribution in [3.8, 4) is 0 Å². The van der Waals surface area contributed by atoms with Gasteiger partial charge >= 0.3 is 5.97 Å². The minimum Gasteiger partial charge on any atom is -0.479 e. The number of aliphatic carboxylic acids is 1. The van der Waals surface area contributed by atoms with Crippen molar-refractivity contribution in [1.29, 1.82) is 0 Å². The lowest BCUT2D eigenvalue weighted by Gasteiger charge is -2.40. The summed E-state index contributed by atoms with van der Waals surface area (Å²) in [5.41, 5.74) is -0.0157. The number of carbonyl (C=O) groups is 2. The van der Waals surface area contributed by atoms with E-state index in [2.05, 4.69) is 22.4 Å². The molecule has 2 N–H and O–H groups in total. The first kappa shape index (κ1) is 17.7. The van der Waals surface area contributed by atoms with Crippen LogP contribution < -0.4 is 5.32 Å². The molecule has 25 heavy (non-hydrogen) atoms. The van der Waals surface area contributed by atoms with Crippen LogP contribution in [0.2, 0.25) is 0 Å². The molecular formula is C20H26N2O3. The lowest BCUT2D eigenvalue weighted by atomic mass is 9.88. The maximum atomic E-state index is 12.4. The van der Waals surface area contributed by atoms with E-state index in [1.165, 1.54) is 0 Å². The van der Waals surface area contributed by atoms with E-state index in [1.54, 1.807) is 0 Å². The number of carboxylic acid groups (broad SMARTS) is 1. The molecule has 0 radical (unpaired) electrons. The third kappa shape index (κ3) is 4.48. The minimum absolute atomic E-state index is 0.152. The highest BCUT2D eigenvalue weighted by atomic mass is 16.4. The molecule has 5 nitrogen and oxygen atoms in total. The van der Waals surface area contributed by atoms with Crippen molar-refractivity contribution >= 4 is 11.9 Å². The number of nitrogens with one attached hydrogen (secondary N) is 1. The molecule has 1 aliphatic carbocycles. The monoisotopic (exact) mass is 342 g/mol. The predicted octanol–water partition coefficient (Wildman–Crippen LogP) is 2.58. The van der Waals surface area contributed by atoms with Crippen molar-refractivity contribution in [2.24, 2.45) is 5.92 Å². The fraction of sp³-hybridized carbons (Fsp3) is 0.500. The lowest BCUT2D eigenvalue weighted by molar-refractivity contribution is -0.150. The van der Waals surface area contributed by atoms with Gasteiger partial charge in [-0.3, -0.25) is 9.69 Å². The zero-order chi connectivity index (χ0) is 17.7. The molecule has 0 saturated carbocycles. The Morgan fingerprint density at radius 1 is 1.28 bits per heavy atom. The third-order valence-electron chi connectivity index (χ3n) is 5.17. The Balaban J connectivity index is 1.65. The van der Waals surface area contributed by atoms with Gasteiger partial charge < -0.3 is 10.4 Å². The number of nitrogens with zero attached hydrogens (tertiary/aromatic N) is 1. The number of benzene rings is 1. The second-order valence-corrected chi connectivity index (χ2v) is 7.20. The Bertz CT molecular complexity index is 644. The van der Waals surface area contributed by atoms with Crippen molar-refractivity contribution in [1.82, 2.24) is 10.2 Å². The molecule has 2 aliphatic rings. The standard InChI is InChI=1S/C20H26N2O3/c23-18(13-16-7-4-5-8-16)21-20(19(24)25)11-6-12-22(15-20)14-17-9-2-1-3-10-17/h1-4,7,9-10,16H,5-6,8,11-15H2,(H,21,23)(H,24,25)/t16-,20+/m1/s1. The van der Waals surface area contributed by atoms with Crippen molar-refractivity contribution < 1.29 is 14.7 Å². The van der Waals surface area contributed by atoms with Crippen LogP contribution in [0.4, 0.5) is 0 Å². The summed E-state index contributed by atoms with van der Waals surface area (Å²) in [6, 6.07) is 10.0. The zero-order valence-corrected chi connectivity index (χ0v) is 14.5. The largest absolute Gasteiger partial charge is 0.479 e. The fourth-order valence-corrected chi connectivity index (χ4v) is 3.87. The highest BCUT2D eigenvalue weighted by Gasteiger charge is 2.43. The highest BCUT2D eigenvalue weighted by Crippen LogP contribution is 2.25. The Hall–Kier alpha value is -2.14. The second kappa shape index (κ2) is 7.83. The first-order valence-electron chi connectivity index (χ1n) is 9.05. The van der Waals surface area contributed by atoms with Crippen LogP contribution in [0.15, 0.2) is 42.5 Å². The Morgan fingerprint density at radius 3 is 2.76 bits per heavy atom. The topological polar surface area (TPSA) is 69.6 Å². The van der Waals surface area contributed by atoms with Gasteiger partial charge in [0.05, 0.1) is 0 Å². The molecule has 0 unspecified atom stereocenters. The number of allylic oxidation sites excluding steroid dienone is 2. The summed E-state index contributed by atoms with van der Waals surface area (Å²) in [4.78, 5) is 26.5. The molecule has 1 heterocycles. The van der Waals surface area contributed by atoms with Crippen LogP contribution in [0, 0.1) is 5.92 Å². The molecule has 0 aromatic heterocycles. The molecule has 0 spiro atoms. The molecule has 1 saturated heterocycles. The van der Waals surface area contributed by atoms with Gasteiger partial charge in [-0.15, -0.1) is 0 Å². The quantitative estimate of drug-likeness (QED) is 0.780. The SMILES string of the molecule is O=C(C[C@@H]1C=CCC1)N[C@@]1(C(=O)O)CCCN(Cc2ccccc2)C1. The number of hydrogen-bond donors (Lipinski definition) is 2. The van der Waals surface area contributed by atoms with Crippen LogP contribution in [0.25, 0.3) is 0 Å². The van der Waals surface area contributed by atoms with Gasteiger partial charge in [0.2, 0.25) is 5.91 Å². The van der Waals surface area contributed by atoms with E-state index < -0.39 is 11.5 Å². The van der Waals surface area contributed by atoms with Gasteiger partial charge in [0, 0.05) is 19.5 Å². The van der Waals surface area contributed by atoms with Gasteiger partial charge in [-0.1, -0.05) is 42.5 Å². The summed E-state index contributed by atoms with van der Waals surface area (Å²) in [5, 5.41) is 12.7. The zero-order valence-electron chi connectivity index (χ0n) is 14.5. The highest BCUT2D eigenvalue weighted by molar-refractivity contribution is 5.87. The maximum Gasteiger partial charge on any atom is 0.330 e. The molecule has 1 amide bonds. The maximum absolute atomic E-state index is 12.4. The molecule has 1 fully saturated rings. The number of rotatable bonds is 6. The van der Waals surface area contributed by atoms with E-state index in [4.69, 9.17) is 0 Å². The van der Waals surface area contributed by atoms with Crippen LogP contribution in [-0.4, -0.2) is 40.5 Å². The Kier molecular flexibility index (Phi) is 5.53. The van der Waals surface area contributed by atoms with Gasteiger partial charge in [0.1, 0.15) is 0 Å². The number of hydrogen-bond acceptors (Lipinski definition) is 3. The van der Waals surface area contributed by atoms with E-state index in [9.17, 15) is 14.7 Å². The van der Waals surface area contributed by atoms with Gasteiger partial charge in [0.15, 0.2) is 5.54 Å². The average molecular weight is 342 g/mol. The fourth-order valence-electron chi connectivity index (χ4n) is 3.87. The van der Waals surface area contributed by atoms with Crippen molar-refractivity contribution in [3.63, 3.8) is 0 Å². The van der Waals surface area contributed by atoms with Crippen LogP contribution in [-0.2, 0) is 16.1 Å². The smallest absolute Gasteiger partial charge is 0.330 e. The molecule has 1 aromatic carbocycles. The second-order valence-electron chi connectivity index (χ2n) is 7.20. The summed E-state index contributed by atoms with van der Waals surface area (Å²) in [5.74, 6) is -0.837. The number of carbonyl (C=O) groups excluding carboxylic acids is 1. The summed E-state index contributed by atoms with van der Waals surface area (Å²) >= 11 is 0. The summed E-state index contributed by atoms with van der Waals surface area (Å²) in [6.45, 7) is 1.91. The van der Waals surface area contributed by atoms with Crippen LogP contribution in [0.3, 0.4) is 0 Å². The van der Waals surface area contributed by atoms with E-state index in [0.29, 0.717) is 25.9 Å². The first-order chi connectivity index (χ1) is 12.1. The van der Waals surface area contributed by atoms with Gasteiger partial charge in [-0.25, -0.2) is 4.79 Å². The van der Waals surface area contributed by atoms with E-state index >= 15 is 0 Å². The third-order valence-corrected chi connectivity index (χ3v) is 5.17. The molecule has 5 heteroatoms. The molecule has 134 valence electrons. The van der Waals surface area contributed by atoms with Gasteiger partial charge in [0.25, 0.3) is 0 Å². The Morgan fingerprint density at radius 2 is 2.08 bits per heavy atom. The Labute approximate surface area is 148 Å². The van der Waals surface area contributed by atoms with Gasteiger partial charge in [-0.2, -0.15) is 0 Å². The summed E-state index contributed by atoms with van der Waals surface area (Å²) in [6.07, 6.45) is 7.77. The molecule has 2 atom stereocenters. The first-order valence-corrected chi connectivity index (χ1v) is 9.05. The van der Waals surface area contributed by atoms with E-state index in [-0.39, 0.29) is 11.8 Å². The normalized spacial score (nSPS) is 26.5. The van der Waals surface area contributed by atoms with Crippen LogP contribution >= 0.6 is 0 Å². The molecule has 0 bridgehead atoms. The van der Waals surface area contributed by atoms with Crippen molar-refractivity contribution in [3.05, 3.63) is 48.0 Å². The van der Waals surface area contributed by atoms with Crippen molar-refractivity contribution in [2.75, 3.05) is 13.1 Å². The summed E-state index contributed by atoms with van der Waals surface area (Å²) < 4.78 is 0. The molecule has 3 rings (SSSR count). The molecule has 1 aliphatic heterocycles. The van der Waals surface area contributed by atoms with Crippen molar-refractivity contribution in [2.45, 2.75) is 44.2 Å². The minimum atomic E-state index is -1.17. The predicted molar refractivity (Wildman–Crippen MR) is 95.9 cm³/mol. The summed E-state index contributed by atoms with van der Waals surface area (Å²) in [7, 11) is 0. The average Bonchev–Trinajstić information content (AvgIpc) is 3.08. The van der Waals surface area contributed by atoms with Crippen LogP contribution in [0.5, 0.6) is 0 Å². The van der Waals surface area contributed by atoms with E-state index in [1.807, 2.05) is 30.3 Å². The number of carboxylic acids is 1. The number of likely N-dealkylation sites (tertiary alicyclic amines) is 1. The molecular weight excluding hydrogens is 316 g/mol. The number of piperidine rings is 1. The van der Waals surface area contributed by atoms with Crippen LogP contribution in [0.1, 0.15) is 37.7 Å². The molecule has 1 aromatic rings.